The summed E-state index contributed by atoms with van der Waals surface area (Å²) < 4.78 is 43.9. The third-order valence-electron chi connectivity index (χ3n) is 10.3. The summed E-state index contributed by atoms with van der Waals surface area (Å²) >= 11 is 6.04. The van der Waals surface area contributed by atoms with E-state index in [0.717, 1.165) is 44.1 Å². The molecule has 284 valence electrons. The number of aromatic nitrogens is 3. The van der Waals surface area contributed by atoms with E-state index in [1.165, 1.54) is 12.1 Å². The maximum absolute atomic E-state index is 13.5. The summed E-state index contributed by atoms with van der Waals surface area (Å²) in [7, 11) is 0. The van der Waals surface area contributed by atoms with Gasteiger partial charge in [0.15, 0.2) is 6.61 Å². The summed E-state index contributed by atoms with van der Waals surface area (Å²) in [6.07, 6.45) is 1.08. The quantitative estimate of drug-likeness (QED) is 0.0933. The van der Waals surface area contributed by atoms with E-state index in [1.54, 1.807) is 24.3 Å². The van der Waals surface area contributed by atoms with E-state index in [-0.39, 0.29) is 53.7 Å². The molecule has 1 heterocycles. The Kier molecular flexibility index (Phi) is 10.1. The molecule has 3 aliphatic carbocycles. The van der Waals surface area contributed by atoms with E-state index >= 15 is 0 Å². The van der Waals surface area contributed by atoms with Crippen molar-refractivity contribution in [3.63, 3.8) is 0 Å². The van der Waals surface area contributed by atoms with Gasteiger partial charge in [0.2, 0.25) is 17.8 Å². The minimum Gasteiger partial charge on any atom is -0.454 e. The topological polar surface area (TPSA) is 202 Å². The van der Waals surface area contributed by atoms with Crippen molar-refractivity contribution in [1.29, 1.82) is 0 Å². The highest BCUT2D eigenvalue weighted by molar-refractivity contribution is 6.30. The lowest BCUT2D eigenvalue weighted by atomic mass is 9.95. The first kappa shape index (κ1) is 36.9. The minimum absolute atomic E-state index is 0.00427. The zero-order valence-corrected chi connectivity index (χ0v) is 29.5. The molecule has 1 aromatic heterocycles. The molecule has 0 saturated heterocycles. The van der Waals surface area contributed by atoms with Gasteiger partial charge in [0, 0.05) is 28.9 Å². The number of amides is 2. The van der Waals surface area contributed by atoms with Gasteiger partial charge in [-0.3, -0.25) is 19.2 Å². The fourth-order valence-electron chi connectivity index (χ4n) is 7.25. The molecule has 3 aromatic carbocycles. The lowest BCUT2D eigenvalue weighted by Gasteiger charge is -2.26. The zero-order valence-electron chi connectivity index (χ0n) is 28.8. The van der Waals surface area contributed by atoms with Crippen LogP contribution in [-0.2, 0) is 10.3 Å². The van der Waals surface area contributed by atoms with Gasteiger partial charge in [0.25, 0.3) is 16.8 Å². The van der Waals surface area contributed by atoms with E-state index in [4.69, 9.17) is 22.1 Å². The SMILES string of the molecule is Nc1c(NCC[C@H](NC(=O)c2ccc(Nc3nc(NC4(c5ccc(Cl)cc5)CC4)nc(OCC(F)(F)F)n3)cc2)C(=O)N[C@@H]2C[C@H]3CC[C@@H]2C3)c(=O)c1=O. The molecule has 7 rings (SSSR count). The monoisotopic (exact) mass is 767 g/mol. The second-order valence-electron chi connectivity index (χ2n) is 14.1. The van der Waals surface area contributed by atoms with Crippen LogP contribution >= 0.6 is 11.6 Å². The van der Waals surface area contributed by atoms with Crippen molar-refractivity contribution in [2.24, 2.45) is 11.8 Å². The average molecular weight is 768 g/mol. The smallest absolute Gasteiger partial charge is 0.422 e. The predicted octanol–water partition coefficient (Wildman–Crippen LogP) is 4.39. The summed E-state index contributed by atoms with van der Waals surface area (Å²) in [4.78, 5) is 62.6. The molecule has 0 spiro atoms. The molecule has 3 aliphatic rings. The van der Waals surface area contributed by atoms with Crippen LogP contribution in [0, 0.1) is 11.8 Å². The fourth-order valence-corrected chi connectivity index (χ4v) is 7.37. The van der Waals surface area contributed by atoms with Gasteiger partial charge in [-0.25, -0.2) is 0 Å². The molecule has 0 unspecified atom stereocenters. The maximum atomic E-state index is 13.5. The van der Waals surface area contributed by atoms with E-state index in [0.29, 0.717) is 22.5 Å². The van der Waals surface area contributed by atoms with Crippen molar-refractivity contribution >= 4 is 52.4 Å². The van der Waals surface area contributed by atoms with Crippen LogP contribution in [-0.4, -0.2) is 58.2 Å². The van der Waals surface area contributed by atoms with Crippen LogP contribution < -0.4 is 47.9 Å². The Bertz CT molecular complexity index is 2110. The summed E-state index contributed by atoms with van der Waals surface area (Å²) in [5.41, 5.74) is 4.92. The molecule has 3 fully saturated rings. The van der Waals surface area contributed by atoms with Crippen LogP contribution in [0.2, 0.25) is 5.02 Å². The van der Waals surface area contributed by atoms with Gasteiger partial charge in [-0.1, -0.05) is 30.2 Å². The summed E-state index contributed by atoms with van der Waals surface area (Å²) in [6, 6.07) is 11.7. The number of anilines is 5. The number of halogens is 4. The third kappa shape index (κ3) is 8.35. The molecule has 14 nitrogen and oxygen atoms in total. The van der Waals surface area contributed by atoms with E-state index in [1.807, 2.05) is 12.1 Å². The molecule has 4 aromatic rings. The Morgan fingerprint density at radius 3 is 2.31 bits per heavy atom. The Labute approximate surface area is 311 Å². The highest BCUT2D eigenvalue weighted by atomic mass is 35.5. The number of fused-ring (bicyclic) bond motifs is 2. The summed E-state index contributed by atoms with van der Waals surface area (Å²) in [5.74, 6) is -0.0345. The molecule has 3 saturated carbocycles. The molecule has 0 aliphatic heterocycles. The minimum atomic E-state index is -4.63. The van der Waals surface area contributed by atoms with Crippen LogP contribution in [0.25, 0.3) is 0 Å². The lowest BCUT2D eigenvalue weighted by molar-refractivity contribution is -0.154. The number of rotatable bonds is 15. The van der Waals surface area contributed by atoms with Gasteiger partial charge in [-0.05, 0) is 92.3 Å². The van der Waals surface area contributed by atoms with Crippen molar-refractivity contribution in [2.45, 2.75) is 68.7 Å². The number of ether oxygens (including phenoxy) is 1. The molecule has 7 N–H and O–H groups in total. The second kappa shape index (κ2) is 14.8. The van der Waals surface area contributed by atoms with Crippen LogP contribution in [0.1, 0.15) is 60.9 Å². The van der Waals surface area contributed by atoms with Gasteiger partial charge < -0.3 is 37.1 Å². The average Bonchev–Trinajstić information content (AvgIpc) is 3.60. The van der Waals surface area contributed by atoms with Crippen LogP contribution in [0.5, 0.6) is 6.01 Å². The number of carbonyl (C=O) groups is 2. The van der Waals surface area contributed by atoms with Gasteiger partial charge in [0.1, 0.15) is 17.4 Å². The molecular weight excluding hydrogens is 731 g/mol. The highest BCUT2D eigenvalue weighted by Crippen LogP contribution is 2.48. The number of carbonyl (C=O) groups excluding carboxylic acids is 2. The molecule has 4 atom stereocenters. The number of nitrogens with one attached hydrogen (secondary N) is 5. The van der Waals surface area contributed by atoms with E-state index in [2.05, 4.69) is 41.5 Å². The first-order valence-corrected chi connectivity index (χ1v) is 17.9. The molecule has 2 amide bonds. The van der Waals surface area contributed by atoms with Crippen LogP contribution in [0.15, 0.2) is 58.1 Å². The van der Waals surface area contributed by atoms with E-state index in [9.17, 15) is 32.3 Å². The number of hydrogen-bond donors (Lipinski definition) is 6. The van der Waals surface area contributed by atoms with Gasteiger partial charge >= 0.3 is 12.2 Å². The number of nitrogens with zero attached hydrogens (tertiary/aromatic N) is 3. The number of nitrogens with two attached hydrogens (primary N) is 1. The van der Waals surface area contributed by atoms with Gasteiger partial charge in [0.05, 0.1) is 5.54 Å². The van der Waals surface area contributed by atoms with Crippen molar-refractivity contribution in [3.05, 3.63) is 85.1 Å². The standard InChI is InChI=1S/C36H37ClF3N9O5/c37-22-7-5-21(6-8-22)35(12-13-35)49-33-46-32(47-34(48-33)54-17-36(38,39)40)43-23-9-3-19(4-10-23)30(52)44-24(11-14-42-27-26(41)28(50)29(27)51)31(53)45-25-16-18-1-2-20(25)15-18/h3-10,18,20,24-25,42H,1-2,11-17,41H2,(H,44,52)(H,45,53)(H2,43,46,47,48,49)/t18-,20+,24-,25+/m0/s1. The maximum Gasteiger partial charge on any atom is 0.422 e. The number of alkyl halides is 3. The number of benzene rings is 2. The lowest BCUT2D eigenvalue weighted by Crippen LogP contribution is -2.51. The number of hydrogen-bond acceptors (Lipinski definition) is 12. The van der Waals surface area contributed by atoms with Gasteiger partial charge in [-0.15, -0.1) is 0 Å². The van der Waals surface area contributed by atoms with Crippen molar-refractivity contribution in [2.75, 3.05) is 34.8 Å². The Hall–Kier alpha value is -5.45. The van der Waals surface area contributed by atoms with Crippen molar-refractivity contribution in [3.8, 4) is 6.01 Å². The van der Waals surface area contributed by atoms with Crippen LogP contribution in [0.3, 0.4) is 0 Å². The Morgan fingerprint density at radius 2 is 1.69 bits per heavy atom. The first-order valence-electron chi connectivity index (χ1n) is 17.6. The number of nitrogen functional groups attached to an aromatic ring is 1. The van der Waals surface area contributed by atoms with Crippen molar-refractivity contribution in [1.82, 2.24) is 25.6 Å². The Morgan fingerprint density at radius 1 is 0.963 bits per heavy atom. The predicted molar refractivity (Wildman–Crippen MR) is 195 cm³/mol. The normalized spacial score (nSPS) is 20.3. The molecule has 2 bridgehead atoms. The Balaban J connectivity index is 1.03. The first-order chi connectivity index (χ1) is 25.7. The molecule has 0 radical (unpaired) electrons. The van der Waals surface area contributed by atoms with E-state index < -0.39 is 47.1 Å². The molecular formula is C36H37ClF3N9O5. The highest BCUT2D eigenvalue weighted by Gasteiger charge is 2.45. The fraction of sp³-hybridized carbons (Fsp3) is 0.417. The summed E-state index contributed by atoms with van der Waals surface area (Å²) in [5, 5.41) is 15.4. The zero-order chi connectivity index (χ0) is 38.2. The molecule has 18 heteroatoms. The molecule has 54 heavy (non-hydrogen) atoms. The largest absolute Gasteiger partial charge is 0.454 e. The van der Waals surface area contributed by atoms with Gasteiger partial charge in [-0.2, -0.15) is 28.1 Å². The summed E-state index contributed by atoms with van der Waals surface area (Å²) in [6.45, 7) is -1.52. The van der Waals surface area contributed by atoms with Crippen molar-refractivity contribution < 1.29 is 27.5 Å². The third-order valence-corrected chi connectivity index (χ3v) is 10.5. The second-order valence-corrected chi connectivity index (χ2v) is 14.5. The van der Waals surface area contributed by atoms with Crippen LogP contribution in [0.4, 0.5) is 42.1 Å².